The lowest BCUT2D eigenvalue weighted by atomic mass is 9.92. The summed E-state index contributed by atoms with van der Waals surface area (Å²) in [6.45, 7) is -0.885. The Hall–Kier alpha value is -5.28. The van der Waals surface area contributed by atoms with Crippen molar-refractivity contribution in [3.8, 4) is 5.75 Å². The predicted octanol–water partition coefficient (Wildman–Crippen LogP) is 2.92. The van der Waals surface area contributed by atoms with Crippen LogP contribution in [0.5, 0.6) is 5.75 Å². The number of benzene rings is 3. The summed E-state index contributed by atoms with van der Waals surface area (Å²) >= 11 is 1.25. The third kappa shape index (κ3) is 8.54. The number of rotatable bonds is 15. The Kier molecular flexibility index (Phi) is 11.0. The first-order valence-corrected chi connectivity index (χ1v) is 15.8. The number of imidazole rings is 1. The normalized spacial score (nSPS) is 16.8. The lowest BCUT2D eigenvalue weighted by Crippen LogP contribution is -2.57. The van der Waals surface area contributed by atoms with Crippen molar-refractivity contribution in [3.05, 3.63) is 114 Å². The highest BCUT2D eigenvalue weighted by atomic mass is 32.2. The van der Waals surface area contributed by atoms with E-state index in [2.05, 4.69) is 20.6 Å². The Morgan fingerprint density at radius 2 is 1.65 bits per heavy atom. The molecule has 0 aliphatic carbocycles. The van der Waals surface area contributed by atoms with Gasteiger partial charge in [-0.15, -0.1) is 11.8 Å². The van der Waals surface area contributed by atoms with Crippen LogP contribution < -0.4 is 20.3 Å². The minimum absolute atomic E-state index is 0.0117. The number of thioether (sulfide) groups is 1. The van der Waals surface area contributed by atoms with E-state index in [0.717, 1.165) is 5.56 Å². The molecular weight excluding hydrogens is 648 g/mol. The van der Waals surface area contributed by atoms with E-state index in [4.69, 9.17) is 4.74 Å². The number of hydrogen-bond donors (Lipinski definition) is 5. The van der Waals surface area contributed by atoms with Gasteiger partial charge in [-0.05, 0) is 59.7 Å². The molecule has 0 spiro atoms. The summed E-state index contributed by atoms with van der Waals surface area (Å²) in [6.07, 6.45) is 1.89. The summed E-state index contributed by atoms with van der Waals surface area (Å²) in [4.78, 5) is 57.5. The topological polar surface area (TPSA) is 174 Å². The van der Waals surface area contributed by atoms with E-state index in [1.54, 1.807) is 29.2 Å². The van der Waals surface area contributed by atoms with Gasteiger partial charge < -0.3 is 35.5 Å². The van der Waals surface area contributed by atoms with Crippen LogP contribution in [-0.2, 0) is 25.6 Å². The number of carboxylic acid groups (broad SMARTS) is 1. The molecule has 15 heteroatoms. The number of aliphatic hydroxyl groups excluding tert-OH is 1. The molecule has 1 aliphatic heterocycles. The van der Waals surface area contributed by atoms with Crippen LogP contribution in [0, 0.1) is 11.6 Å². The van der Waals surface area contributed by atoms with Crippen molar-refractivity contribution < 1.29 is 42.9 Å². The molecule has 5 rings (SSSR count). The first-order chi connectivity index (χ1) is 23.1. The van der Waals surface area contributed by atoms with Gasteiger partial charge in [0.15, 0.2) is 6.61 Å². The van der Waals surface area contributed by atoms with Crippen LogP contribution >= 0.6 is 11.8 Å². The molecule has 48 heavy (non-hydrogen) atoms. The molecule has 2 heterocycles. The van der Waals surface area contributed by atoms with Gasteiger partial charge in [0.2, 0.25) is 11.8 Å². The third-order valence-corrected chi connectivity index (χ3v) is 8.82. The predicted molar refractivity (Wildman–Crippen MR) is 171 cm³/mol. The molecule has 3 amide bonds. The molecule has 1 unspecified atom stereocenters. The molecule has 12 nitrogen and oxygen atoms in total. The van der Waals surface area contributed by atoms with Crippen LogP contribution in [0.2, 0.25) is 0 Å². The van der Waals surface area contributed by atoms with Gasteiger partial charge in [0, 0.05) is 29.8 Å². The van der Waals surface area contributed by atoms with Gasteiger partial charge in [0.25, 0.3) is 5.91 Å². The fourth-order valence-electron chi connectivity index (χ4n) is 5.02. The van der Waals surface area contributed by atoms with Gasteiger partial charge in [-0.2, -0.15) is 0 Å². The largest absolute Gasteiger partial charge is 0.484 e. The Bertz CT molecular complexity index is 1720. The van der Waals surface area contributed by atoms with Gasteiger partial charge >= 0.3 is 5.97 Å². The Morgan fingerprint density at radius 1 is 0.979 bits per heavy atom. The molecule has 3 aromatic carbocycles. The molecule has 250 valence electrons. The molecule has 0 radical (unpaired) electrons. The molecule has 1 aromatic heterocycles. The first-order valence-electron chi connectivity index (χ1n) is 14.7. The van der Waals surface area contributed by atoms with Crippen molar-refractivity contribution in [3.63, 3.8) is 0 Å². The van der Waals surface area contributed by atoms with E-state index in [1.807, 2.05) is 0 Å². The number of H-pyrrole nitrogens is 1. The average Bonchev–Trinajstić information content (AvgIpc) is 3.59. The highest BCUT2D eigenvalue weighted by molar-refractivity contribution is 8.00. The quantitative estimate of drug-likeness (QED) is 0.118. The number of aromatic amines is 1. The van der Waals surface area contributed by atoms with Crippen LogP contribution in [0.15, 0.2) is 85.3 Å². The average molecular weight is 680 g/mol. The molecule has 5 N–H and O–H groups in total. The molecule has 1 aliphatic rings. The number of carboxylic acids is 1. The second-order valence-corrected chi connectivity index (χ2v) is 12.0. The van der Waals surface area contributed by atoms with E-state index in [1.165, 1.54) is 72.8 Å². The summed E-state index contributed by atoms with van der Waals surface area (Å²) in [5.41, 5.74) is 2.26. The third-order valence-electron chi connectivity index (χ3n) is 7.49. The maximum Gasteiger partial charge on any atom is 0.326 e. The van der Waals surface area contributed by atoms with Crippen molar-refractivity contribution in [2.24, 2.45) is 0 Å². The monoisotopic (exact) mass is 679 g/mol. The summed E-state index contributed by atoms with van der Waals surface area (Å²) in [6, 6.07) is 16.0. The zero-order valence-corrected chi connectivity index (χ0v) is 26.0. The summed E-state index contributed by atoms with van der Waals surface area (Å²) in [7, 11) is 0. The Labute approximate surface area is 277 Å². The number of aromatic nitrogens is 2. The van der Waals surface area contributed by atoms with Crippen molar-refractivity contribution in [2.45, 2.75) is 29.9 Å². The Morgan fingerprint density at radius 3 is 2.27 bits per heavy atom. The number of β-lactam (4-membered cyclic amide) rings is 1. The maximum absolute atomic E-state index is 13.6. The highest BCUT2D eigenvalue weighted by Gasteiger charge is 2.49. The second-order valence-electron chi connectivity index (χ2n) is 10.8. The van der Waals surface area contributed by atoms with Gasteiger partial charge in [-0.1, -0.05) is 24.3 Å². The number of amides is 3. The minimum atomic E-state index is -1.24. The van der Waals surface area contributed by atoms with Crippen molar-refractivity contribution >= 4 is 41.1 Å². The fraction of sp³-hybridized carbons (Fsp3) is 0.242. The number of halogens is 2. The molecule has 4 atom stereocenters. The van der Waals surface area contributed by atoms with E-state index < -0.39 is 66.0 Å². The van der Waals surface area contributed by atoms with E-state index >= 15 is 0 Å². The van der Waals surface area contributed by atoms with Crippen molar-refractivity contribution in [1.29, 1.82) is 0 Å². The fourth-order valence-corrected chi connectivity index (χ4v) is 6.32. The number of aliphatic hydroxyl groups is 1. The van der Waals surface area contributed by atoms with Crippen LogP contribution in [0.25, 0.3) is 0 Å². The van der Waals surface area contributed by atoms with Crippen LogP contribution in [0.1, 0.15) is 29.0 Å². The number of aliphatic carboxylic acids is 1. The number of hydrogen-bond acceptors (Lipinski definition) is 8. The molecular formula is C33H31F2N5O7S. The summed E-state index contributed by atoms with van der Waals surface area (Å²) in [5.74, 6) is -3.14. The van der Waals surface area contributed by atoms with Crippen molar-refractivity contribution in [2.75, 3.05) is 23.8 Å². The maximum atomic E-state index is 13.6. The zero-order chi connectivity index (χ0) is 34.2. The summed E-state index contributed by atoms with van der Waals surface area (Å²) < 4.78 is 32.5. The molecule has 1 fully saturated rings. The van der Waals surface area contributed by atoms with Crippen molar-refractivity contribution in [1.82, 2.24) is 20.6 Å². The SMILES string of the molecule is O=C(COc1ccc([C@@H]2[C@@H](SCC(O)c3ccc(F)cc3)C(=O)N2c2ccc(F)cc2)cc1)NCC(=O)N[C@H](Cc1cnc[nH]1)C(=O)O. The molecule has 0 saturated carbocycles. The second kappa shape index (κ2) is 15.5. The molecule has 4 aromatic rings. The van der Waals surface area contributed by atoms with Gasteiger partial charge in [0.05, 0.1) is 25.0 Å². The first kappa shape index (κ1) is 34.1. The molecule has 0 bridgehead atoms. The number of ether oxygens (including phenoxy) is 1. The minimum Gasteiger partial charge on any atom is -0.484 e. The summed E-state index contributed by atoms with van der Waals surface area (Å²) in [5, 5.41) is 24.2. The standard InChI is InChI=1S/C33H31F2N5O7S/c34-21-5-1-19(2-6-21)27(41)17-48-31-30(40(32(31)44)24-9-7-22(35)8-10-24)20-3-11-25(12-4-20)47-16-29(43)37-15-28(42)39-26(33(45)46)13-23-14-36-18-38-23/h1-12,14,18,26-27,30-31,41H,13,15-17H2,(H,36,38)(H,37,43)(H,39,42)(H,45,46)/t26-,27?,30-,31-/m1/s1. The lowest BCUT2D eigenvalue weighted by molar-refractivity contribution is -0.141. The van der Waals surface area contributed by atoms with Gasteiger partial charge in [-0.3, -0.25) is 14.4 Å². The van der Waals surface area contributed by atoms with E-state index in [-0.39, 0.29) is 18.1 Å². The van der Waals surface area contributed by atoms with Gasteiger partial charge in [0.1, 0.15) is 28.7 Å². The number of carbonyl (C=O) groups is 4. The van der Waals surface area contributed by atoms with Crippen LogP contribution in [0.3, 0.4) is 0 Å². The zero-order valence-electron chi connectivity index (χ0n) is 25.2. The number of carbonyl (C=O) groups excluding carboxylic acids is 3. The van der Waals surface area contributed by atoms with Crippen LogP contribution in [-0.4, -0.2) is 74.1 Å². The molecule has 1 saturated heterocycles. The number of anilines is 1. The van der Waals surface area contributed by atoms with E-state index in [9.17, 15) is 38.2 Å². The van der Waals surface area contributed by atoms with Crippen LogP contribution in [0.4, 0.5) is 14.5 Å². The Balaban J connectivity index is 1.16. The number of nitrogens with zero attached hydrogens (tertiary/aromatic N) is 2. The smallest absolute Gasteiger partial charge is 0.326 e. The lowest BCUT2D eigenvalue weighted by Gasteiger charge is -2.47. The van der Waals surface area contributed by atoms with Gasteiger partial charge in [-0.25, -0.2) is 18.6 Å². The van der Waals surface area contributed by atoms with E-state index in [0.29, 0.717) is 22.7 Å². The highest BCUT2D eigenvalue weighted by Crippen LogP contribution is 2.46. The number of nitrogens with one attached hydrogen (secondary N) is 3.